The first-order valence-corrected chi connectivity index (χ1v) is 6.58. The fraction of sp³-hybridized carbons (Fsp3) is 0.250. The minimum atomic E-state index is -4.53. The molecule has 1 rings (SSSR count). The van der Waals surface area contributed by atoms with Crippen LogP contribution in [-0.4, -0.2) is 9.79 Å². The predicted octanol–water partition coefficient (Wildman–Crippen LogP) is 3.28. The van der Waals surface area contributed by atoms with E-state index in [4.69, 9.17) is 9.79 Å². The van der Waals surface area contributed by atoms with E-state index in [0.29, 0.717) is 6.07 Å². The third-order valence-electron chi connectivity index (χ3n) is 1.78. The molecule has 2 N–H and O–H groups in total. The Morgan fingerprint density at radius 2 is 1.88 bits per heavy atom. The topological polar surface area (TPSA) is 57.5 Å². The molecule has 1 aromatic rings. The van der Waals surface area contributed by atoms with E-state index in [9.17, 15) is 17.7 Å². The average molecular weight is 319 g/mol. The molecule has 0 saturated heterocycles. The Bertz CT molecular complexity index is 429. The summed E-state index contributed by atoms with van der Waals surface area (Å²) in [5.41, 5.74) is -1.05. The fourth-order valence-electron chi connectivity index (χ4n) is 1.06. The van der Waals surface area contributed by atoms with Gasteiger partial charge in [-0.15, -0.1) is 0 Å². The van der Waals surface area contributed by atoms with Crippen molar-refractivity contribution in [3.05, 3.63) is 35.4 Å². The molecule has 0 saturated carbocycles. The summed E-state index contributed by atoms with van der Waals surface area (Å²) in [7, 11) is -4.50. The van der Waals surface area contributed by atoms with Crippen LogP contribution >= 0.6 is 23.5 Å². The summed E-state index contributed by atoms with van der Waals surface area (Å²) >= 11 is 2.68. The second kappa shape index (κ2) is 4.49. The maximum absolute atomic E-state index is 12.3. The molecule has 1 unspecified atom stereocenters. The minimum absolute atomic E-state index is 0.108. The monoisotopic (exact) mass is 318 g/mol. The first-order valence-electron chi connectivity index (χ1n) is 3.99. The molecule has 90 valence electrons. The molecular formula is C8H7BrF3O3P. The Morgan fingerprint density at radius 3 is 2.31 bits per heavy atom. The van der Waals surface area contributed by atoms with Gasteiger partial charge in [0.05, 0.1) is 5.56 Å². The standard InChI is InChI=1S/C8H7BrF3O3P/c9-7(16(13,14)15)5-2-1-3-6(4-5)8(10,11)12/h1-4,7H,(H2,13,14,15). The predicted molar refractivity (Wildman–Crippen MR) is 55.2 cm³/mol. The molecule has 0 aliphatic carbocycles. The van der Waals surface area contributed by atoms with Crippen molar-refractivity contribution in [1.29, 1.82) is 0 Å². The van der Waals surface area contributed by atoms with Gasteiger partial charge < -0.3 is 9.79 Å². The number of halogens is 4. The highest BCUT2D eigenvalue weighted by atomic mass is 79.9. The maximum atomic E-state index is 12.3. The van der Waals surface area contributed by atoms with E-state index in [2.05, 4.69) is 15.9 Å². The molecule has 0 bridgehead atoms. The van der Waals surface area contributed by atoms with E-state index in [0.717, 1.165) is 12.1 Å². The largest absolute Gasteiger partial charge is 0.416 e. The lowest BCUT2D eigenvalue weighted by atomic mass is 10.1. The van der Waals surface area contributed by atoms with Crippen LogP contribution in [-0.2, 0) is 10.7 Å². The van der Waals surface area contributed by atoms with Crippen LogP contribution in [0.2, 0.25) is 0 Å². The molecule has 1 aromatic carbocycles. The quantitative estimate of drug-likeness (QED) is 0.650. The van der Waals surface area contributed by atoms with Crippen molar-refractivity contribution < 1.29 is 27.5 Å². The van der Waals surface area contributed by atoms with Crippen molar-refractivity contribution in [2.75, 3.05) is 0 Å². The van der Waals surface area contributed by atoms with Crippen LogP contribution in [0, 0.1) is 0 Å². The third kappa shape index (κ3) is 3.31. The summed E-state index contributed by atoms with van der Waals surface area (Å²) in [4.78, 5) is 17.6. The molecule has 8 heteroatoms. The molecule has 3 nitrogen and oxygen atoms in total. The summed E-state index contributed by atoms with van der Waals surface area (Å²) in [6, 6.07) is 3.86. The fourth-order valence-corrected chi connectivity index (χ4v) is 1.89. The molecule has 0 radical (unpaired) electrons. The summed E-state index contributed by atoms with van der Waals surface area (Å²) in [5.74, 6) is 0. The summed E-state index contributed by atoms with van der Waals surface area (Å²) < 4.78 is 46.4. The van der Waals surface area contributed by atoms with Gasteiger partial charge in [-0.3, -0.25) is 4.57 Å². The van der Waals surface area contributed by atoms with E-state index in [-0.39, 0.29) is 5.56 Å². The molecule has 1 atom stereocenters. The van der Waals surface area contributed by atoms with Crippen molar-refractivity contribution >= 4 is 23.5 Å². The van der Waals surface area contributed by atoms with Gasteiger partial charge in [-0.05, 0) is 11.6 Å². The normalized spacial score (nSPS) is 14.9. The van der Waals surface area contributed by atoms with Crippen molar-refractivity contribution in [2.45, 2.75) is 10.7 Å². The highest BCUT2D eigenvalue weighted by Gasteiger charge is 2.33. The Balaban J connectivity index is 3.14. The van der Waals surface area contributed by atoms with Gasteiger partial charge >= 0.3 is 13.8 Å². The van der Waals surface area contributed by atoms with Crippen LogP contribution in [0.15, 0.2) is 24.3 Å². The van der Waals surface area contributed by atoms with Gasteiger partial charge in [0.15, 0.2) is 0 Å². The van der Waals surface area contributed by atoms with Gasteiger partial charge in [-0.2, -0.15) is 13.2 Å². The Hall–Kier alpha value is -0.360. The Kier molecular flexibility index (Phi) is 3.84. The molecule has 0 spiro atoms. The molecule has 0 aromatic heterocycles. The second-order valence-corrected chi connectivity index (χ2v) is 6.37. The van der Waals surface area contributed by atoms with Crippen molar-refractivity contribution in [3.63, 3.8) is 0 Å². The summed E-state index contributed by atoms with van der Waals surface area (Å²) in [5, 5.41) is 0. The van der Waals surface area contributed by atoms with Gasteiger partial charge in [0, 0.05) is 0 Å². The maximum Gasteiger partial charge on any atom is 0.416 e. The van der Waals surface area contributed by atoms with Gasteiger partial charge in [-0.1, -0.05) is 34.1 Å². The molecule has 0 amide bonds. The van der Waals surface area contributed by atoms with Gasteiger partial charge in [0.1, 0.15) is 4.57 Å². The summed E-state index contributed by atoms with van der Waals surface area (Å²) in [6.45, 7) is 0. The highest BCUT2D eigenvalue weighted by molar-refractivity contribution is 9.10. The lowest BCUT2D eigenvalue weighted by Crippen LogP contribution is -2.05. The van der Waals surface area contributed by atoms with Gasteiger partial charge in [0.2, 0.25) is 0 Å². The number of hydrogen-bond acceptors (Lipinski definition) is 1. The van der Waals surface area contributed by atoms with Crippen molar-refractivity contribution in [2.24, 2.45) is 0 Å². The first kappa shape index (κ1) is 13.7. The number of rotatable bonds is 2. The zero-order valence-electron chi connectivity index (χ0n) is 7.65. The molecular weight excluding hydrogens is 312 g/mol. The summed E-state index contributed by atoms with van der Waals surface area (Å²) in [6.07, 6.45) is -4.53. The van der Waals surface area contributed by atoms with E-state index in [1.54, 1.807) is 0 Å². The molecule has 0 heterocycles. The van der Waals surface area contributed by atoms with Gasteiger partial charge in [0.25, 0.3) is 0 Å². The lowest BCUT2D eigenvalue weighted by molar-refractivity contribution is -0.137. The Morgan fingerprint density at radius 1 is 1.31 bits per heavy atom. The molecule has 16 heavy (non-hydrogen) atoms. The molecule has 0 aliphatic rings. The zero-order valence-corrected chi connectivity index (χ0v) is 10.1. The van der Waals surface area contributed by atoms with E-state index >= 15 is 0 Å². The van der Waals surface area contributed by atoms with Crippen LogP contribution in [0.5, 0.6) is 0 Å². The first-order chi connectivity index (χ1) is 7.12. The highest BCUT2D eigenvalue weighted by Crippen LogP contribution is 2.55. The van der Waals surface area contributed by atoms with E-state index in [1.807, 2.05) is 0 Å². The number of benzene rings is 1. The molecule has 0 aliphatic heterocycles. The molecule has 0 fully saturated rings. The smallest absolute Gasteiger partial charge is 0.323 e. The SMILES string of the molecule is O=P(O)(O)C(Br)c1cccc(C(F)(F)F)c1. The van der Waals surface area contributed by atoms with Crippen LogP contribution in [0.25, 0.3) is 0 Å². The van der Waals surface area contributed by atoms with E-state index in [1.165, 1.54) is 6.07 Å². The Labute approximate surface area is 97.6 Å². The minimum Gasteiger partial charge on any atom is -0.323 e. The van der Waals surface area contributed by atoms with Crippen molar-refractivity contribution in [3.8, 4) is 0 Å². The zero-order chi connectivity index (χ0) is 12.6. The van der Waals surface area contributed by atoms with Crippen LogP contribution in [0.4, 0.5) is 13.2 Å². The van der Waals surface area contributed by atoms with Crippen LogP contribution in [0.3, 0.4) is 0 Å². The third-order valence-corrected chi connectivity index (χ3v) is 4.80. The van der Waals surface area contributed by atoms with Crippen LogP contribution in [0.1, 0.15) is 15.7 Å². The average Bonchev–Trinajstić information content (AvgIpc) is 2.14. The number of hydrogen-bond donors (Lipinski definition) is 2. The second-order valence-electron chi connectivity index (χ2n) is 3.05. The van der Waals surface area contributed by atoms with Gasteiger partial charge in [-0.25, -0.2) is 0 Å². The lowest BCUT2D eigenvalue weighted by Gasteiger charge is -2.14. The number of alkyl halides is 4. The van der Waals surface area contributed by atoms with Crippen LogP contribution < -0.4 is 0 Å². The van der Waals surface area contributed by atoms with Crippen molar-refractivity contribution in [1.82, 2.24) is 0 Å². The van der Waals surface area contributed by atoms with E-state index < -0.39 is 23.9 Å².